The number of nitrogens with one attached hydrogen (secondary N) is 1. The Labute approximate surface area is 131 Å². The SMILES string of the molecule is Cc1ccc(NC(=O)CC2CCCCC2N)cc1S(N)(=O)=O. The summed E-state index contributed by atoms with van der Waals surface area (Å²) < 4.78 is 23.0. The molecule has 0 saturated heterocycles. The van der Waals surface area contributed by atoms with E-state index in [0.717, 1.165) is 25.7 Å². The Morgan fingerprint density at radius 2 is 2.00 bits per heavy atom. The first kappa shape index (κ1) is 16.9. The highest BCUT2D eigenvalue weighted by Crippen LogP contribution is 2.26. The van der Waals surface area contributed by atoms with E-state index in [0.29, 0.717) is 17.7 Å². The van der Waals surface area contributed by atoms with Crippen molar-refractivity contribution in [3.8, 4) is 0 Å². The summed E-state index contributed by atoms with van der Waals surface area (Å²) >= 11 is 0. The van der Waals surface area contributed by atoms with Gasteiger partial charge in [-0.3, -0.25) is 4.79 Å². The lowest BCUT2D eigenvalue weighted by atomic mass is 9.83. The van der Waals surface area contributed by atoms with E-state index >= 15 is 0 Å². The lowest BCUT2D eigenvalue weighted by molar-refractivity contribution is -0.117. The van der Waals surface area contributed by atoms with Gasteiger partial charge in [0.1, 0.15) is 0 Å². The predicted molar refractivity (Wildman–Crippen MR) is 85.7 cm³/mol. The Balaban J connectivity index is 2.06. The van der Waals surface area contributed by atoms with E-state index in [4.69, 9.17) is 10.9 Å². The molecule has 5 N–H and O–H groups in total. The number of benzene rings is 1. The van der Waals surface area contributed by atoms with Gasteiger partial charge in [-0.2, -0.15) is 0 Å². The Kier molecular flexibility index (Phi) is 5.20. The molecule has 0 aliphatic heterocycles. The van der Waals surface area contributed by atoms with Gasteiger partial charge in [-0.15, -0.1) is 0 Å². The summed E-state index contributed by atoms with van der Waals surface area (Å²) in [5.74, 6) is 0.0449. The van der Waals surface area contributed by atoms with Crippen molar-refractivity contribution in [3.63, 3.8) is 0 Å². The van der Waals surface area contributed by atoms with E-state index in [-0.39, 0.29) is 22.8 Å². The molecule has 122 valence electrons. The number of hydrogen-bond donors (Lipinski definition) is 3. The smallest absolute Gasteiger partial charge is 0.238 e. The number of carbonyl (C=O) groups excluding carboxylic acids is 1. The van der Waals surface area contributed by atoms with Gasteiger partial charge in [-0.25, -0.2) is 13.6 Å². The first-order valence-electron chi connectivity index (χ1n) is 7.46. The standard InChI is InChI=1S/C15H23N3O3S/c1-10-6-7-12(9-14(10)22(17,20)21)18-15(19)8-11-4-2-3-5-13(11)16/h6-7,9,11,13H,2-5,8,16H2,1H3,(H,18,19)(H2,17,20,21). The van der Waals surface area contributed by atoms with Gasteiger partial charge in [0.15, 0.2) is 0 Å². The van der Waals surface area contributed by atoms with Crippen molar-refractivity contribution in [1.82, 2.24) is 0 Å². The van der Waals surface area contributed by atoms with Crippen LogP contribution in [0, 0.1) is 12.8 Å². The summed E-state index contributed by atoms with van der Waals surface area (Å²) in [6.45, 7) is 1.66. The summed E-state index contributed by atoms with van der Waals surface area (Å²) in [5.41, 5.74) is 7.03. The van der Waals surface area contributed by atoms with Crippen molar-refractivity contribution in [2.75, 3.05) is 5.32 Å². The fourth-order valence-electron chi connectivity index (χ4n) is 2.92. The maximum Gasteiger partial charge on any atom is 0.238 e. The molecule has 1 aromatic carbocycles. The molecule has 1 fully saturated rings. The van der Waals surface area contributed by atoms with Gasteiger partial charge in [0.2, 0.25) is 15.9 Å². The maximum absolute atomic E-state index is 12.1. The molecule has 1 aromatic rings. The summed E-state index contributed by atoms with van der Waals surface area (Å²) in [6.07, 6.45) is 4.50. The molecule has 0 spiro atoms. The molecule has 0 bridgehead atoms. The Bertz CT molecular complexity index is 658. The molecule has 2 rings (SSSR count). The molecule has 1 saturated carbocycles. The topological polar surface area (TPSA) is 115 Å². The minimum absolute atomic E-state index is 0.0275. The number of primary sulfonamides is 1. The molecule has 7 heteroatoms. The number of carbonyl (C=O) groups is 1. The van der Waals surface area contributed by atoms with Gasteiger partial charge in [0.05, 0.1) is 4.90 Å². The molecule has 1 aliphatic rings. The minimum Gasteiger partial charge on any atom is -0.327 e. The van der Waals surface area contributed by atoms with E-state index in [9.17, 15) is 13.2 Å². The van der Waals surface area contributed by atoms with Gasteiger partial charge < -0.3 is 11.1 Å². The minimum atomic E-state index is -3.80. The monoisotopic (exact) mass is 325 g/mol. The number of anilines is 1. The van der Waals surface area contributed by atoms with Gasteiger partial charge in [0, 0.05) is 18.2 Å². The van der Waals surface area contributed by atoms with E-state index < -0.39 is 10.0 Å². The van der Waals surface area contributed by atoms with Crippen molar-refractivity contribution in [2.24, 2.45) is 16.8 Å². The molecule has 0 heterocycles. The molecule has 1 aliphatic carbocycles. The van der Waals surface area contributed by atoms with Crippen LogP contribution in [0.3, 0.4) is 0 Å². The van der Waals surface area contributed by atoms with Crippen molar-refractivity contribution in [1.29, 1.82) is 0 Å². The highest BCUT2D eigenvalue weighted by molar-refractivity contribution is 7.89. The summed E-state index contributed by atoms with van der Waals surface area (Å²) in [7, 11) is -3.80. The van der Waals surface area contributed by atoms with E-state index in [1.807, 2.05) is 0 Å². The zero-order valence-electron chi connectivity index (χ0n) is 12.7. The largest absolute Gasteiger partial charge is 0.327 e. The molecular formula is C15H23N3O3S. The summed E-state index contributed by atoms with van der Waals surface area (Å²) in [5, 5.41) is 7.90. The third kappa shape index (κ3) is 4.28. The highest BCUT2D eigenvalue weighted by atomic mass is 32.2. The van der Waals surface area contributed by atoms with Crippen LogP contribution >= 0.6 is 0 Å². The lowest BCUT2D eigenvalue weighted by Gasteiger charge is -2.27. The van der Waals surface area contributed by atoms with Crippen LogP contribution in [0.4, 0.5) is 5.69 Å². The second-order valence-electron chi connectivity index (χ2n) is 5.99. The second-order valence-corrected chi connectivity index (χ2v) is 7.52. The summed E-state index contributed by atoms with van der Waals surface area (Å²) in [4.78, 5) is 12.2. The molecular weight excluding hydrogens is 302 g/mol. The van der Waals surface area contributed by atoms with Crippen LogP contribution in [0.1, 0.15) is 37.7 Å². The van der Waals surface area contributed by atoms with Gasteiger partial charge >= 0.3 is 0 Å². The van der Waals surface area contributed by atoms with Crippen molar-refractivity contribution in [3.05, 3.63) is 23.8 Å². The average molecular weight is 325 g/mol. The van der Waals surface area contributed by atoms with Crippen LogP contribution in [-0.4, -0.2) is 20.4 Å². The first-order chi connectivity index (χ1) is 10.3. The van der Waals surface area contributed by atoms with Crippen LogP contribution in [0.5, 0.6) is 0 Å². The van der Waals surface area contributed by atoms with E-state index in [1.165, 1.54) is 6.07 Å². The molecule has 6 nitrogen and oxygen atoms in total. The van der Waals surface area contributed by atoms with Crippen LogP contribution < -0.4 is 16.2 Å². The van der Waals surface area contributed by atoms with Crippen LogP contribution in [0.2, 0.25) is 0 Å². The predicted octanol–water partition coefficient (Wildman–Crippen LogP) is 1.49. The summed E-state index contributed by atoms with van der Waals surface area (Å²) in [6, 6.07) is 4.76. The Morgan fingerprint density at radius 3 is 2.64 bits per heavy atom. The lowest BCUT2D eigenvalue weighted by Crippen LogP contribution is -2.35. The Hall–Kier alpha value is -1.44. The first-order valence-corrected chi connectivity index (χ1v) is 9.01. The molecule has 0 radical (unpaired) electrons. The third-order valence-electron chi connectivity index (χ3n) is 4.19. The van der Waals surface area contributed by atoms with Crippen molar-refractivity contribution < 1.29 is 13.2 Å². The van der Waals surface area contributed by atoms with Crippen LogP contribution in [-0.2, 0) is 14.8 Å². The normalized spacial score (nSPS) is 22.3. The van der Waals surface area contributed by atoms with Crippen molar-refractivity contribution in [2.45, 2.75) is 50.0 Å². The van der Waals surface area contributed by atoms with Crippen LogP contribution in [0.25, 0.3) is 0 Å². The van der Waals surface area contributed by atoms with E-state index in [1.54, 1.807) is 19.1 Å². The number of rotatable bonds is 4. The molecule has 1 amide bonds. The molecule has 0 aromatic heterocycles. The number of amides is 1. The highest BCUT2D eigenvalue weighted by Gasteiger charge is 2.24. The molecule has 22 heavy (non-hydrogen) atoms. The third-order valence-corrected chi connectivity index (χ3v) is 5.25. The number of aryl methyl sites for hydroxylation is 1. The zero-order valence-corrected chi connectivity index (χ0v) is 13.5. The van der Waals surface area contributed by atoms with Gasteiger partial charge in [-0.1, -0.05) is 18.9 Å². The number of hydrogen-bond acceptors (Lipinski definition) is 4. The maximum atomic E-state index is 12.1. The second kappa shape index (κ2) is 6.76. The number of sulfonamides is 1. The van der Waals surface area contributed by atoms with Crippen LogP contribution in [0.15, 0.2) is 23.1 Å². The van der Waals surface area contributed by atoms with Crippen molar-refractivity contribution >= 4 is 21.6 Å². The fraction of sp³-hybridized carbons (Fsp3) is 0.533. The molecule has 2 unspecified atom stereocenters. The van der Waals surface area contributed by atoms with Gasteiger partial charge in [0.25, 0.3) is 0 Å². The Morgan fingerprint density at radius 1 is 1.32 bits per heavy atom. The quantitative estimate of drug-likeness (QED) is 0.777. The van der Waals surface area contributed by atoms with Gasteiger partial charge in [-0.05, 0) is 43.4 Å². The number of nitrogens with two attached hydrogens (primary N) is 2. The average Bonchev–Trinajstić information content (AvgIpc) is 2.42. The molecule has 2 atom stereocenters. The fourth-order valence-corrected chi connectivity index (χ4v) is 3.73. The zero-order chi connectivity index (χ0) is 16.3. The van der Waals surface area contributed by atoms with E-state index in [2.05, 4.69) is 5.32 Å².